The van der Waals surface area contributed by atoms with E-state index >= 15 is 0 Å². The van der Waals surface area contributed by atoms with E-state index in [1.165, 1.54) is 16.1 Å². The molecule has 1 aliphatic rings. The summed E-state index contributed by atoms with van der Waals surface area (Å²) in [5.74, 6) is 0.603. The van der Waals surface area contributed by atoms with Gasteiger partial charge >= 0.3 is 0 Å². The van der Waals surface area contributed by atoms with Gasteiger partial charge in [-0.05, 0) is 37.3 Å². The lowest BCUT2D eigenvalue weighted by molar-refractivity contribution is 0.336. The number of benzene rings is 1. The fourth-order valence-electron chi connectivity index (χ4n) is 2.96. The first kappa shape index (κ1) is 14.3. The Morgan fingerprint density at radius 2 is 2.10 bits per heavy atom. The third-order valence-electron chi connectivity index (χ3n) is 4.11. The third-order valence-corrected chi connectivity index (χ3v) is 5.89. The van der Waals surface area contributed by atoms with Gasteiger partial charge in [0.2, 0.25) is 0 Å². The van der Waals surface area contributed by atoms with Gasteiger partial charge in [0.15, 0.2) is 5.03 Å². The van der Waals surface area contributed by atoms with Gasteiger partial charge in [0.05, 0.1) is 12.2 Å². The number of aromatic nitrogens is 2. The summed E-state index contributed by atoms with van der Waals surface area (Å²) >= 11 is 0. The number of sulfonamides is 1. The Kier molecular flexibility index (Phi) is 3.59. The van der Waals surface area contributed by atoms with E-state index < -0.39 is 10.0 Å². The Labute approximate surface area is 125 Å². The summed E-state index contributed by atoms with van der Waals surface area (Å²) in [6.45, 7) is 1.74. The molecule has 0 amide bonds. The highest BCUT2D eigenvalue weighted by Crippen LogP contribution is 2.35. The molecule has 1 atom stereocenters. The van der Waals surface area contributed by atoms with Gasteiger partial charge in [0.1, 0.15) is 5.82 Å². The Bertz CT molecular complexity index is 752. The maximum Gasteiger partial charge on any atom is 0.260 e. The number of nitrogens with one attached hydrogen (secondary N) is 1. The summed E-state index contributed by atoms with van der Waals surface area (Å²) in [5.41, 5.74) is 2.36. The molecule has 3 rings (SSSR count). The van der Waals surface area contributed by atoms with Gasteiger partial charge in [-0.2, -0.15) is 4.31 Å². The summed E-state index contributed by atoms with van der Waals surface area (Å²) in [6, 6.07) is 7.99. The fraction of sp³-hybridized carbons (Fsp3) is 0.400. The van der Waals surface area contributed by atoms with Crippen molar-refractivity contribution < 1.29 is 8.42 Å². The van der Waals surface area contributed by atoms with Gasteiger partial charge in [-0.25, -0.2) is 13.4 Å². The minimum absolute atomic E-state index is 0.108. The van der Waals surface area contributed by atoms with E-state index in [0.29, 0.717) is 5.82 Å². The van der Waals surface area contributed by atoms with Crippen LogP contribution in [0.1, 0.15) is 35.8 Å². The molecule has 6 heteroatoms. The van der Waals surface area contributed by atoms with Crippen LogP contribution in [0.15, 0.2) is 35.5 Å². The lowest BCUT2D eigenvalue weighted by Crippen LogP contribution is -2.33. The zero-order chi connectivity index (χ0) is 15.0. The average molecular weight is 305 g/mol. The van der Waals surface area contributed by atoms with Gasteiger partial charge in [-0.1, -0.05) is 24.3 Å². The molecule has 21 heavy (non-hydrogen) atoms. The van der Waals surface area contributed by atoms with Crippen LogP contribution in [0.25, 0.3) is 0 Å². The summed E-state index contributed by atoms with van der Waals surface area (Å²) < 4.78 is 26.9. The summed E-state index contributed by atoms with van der Waals surface area (Å²) in [6.07, 6.45) is 4.25. The molecule has 1 aliphatic carbocycles. The van der Waals surface area contributed by atoms with Gasteiger partial charge in [0.25, 0.3) is 10.0 Å². The minimum atomic E-state index is -3.55. The van der Waals surface area contributed by atoms with E-state index in [2.05, 4.69) is 16.0 Å². The van der Waals surface area contributed by atoms with Crippen molar-refractivity contribution in [1.82, 2.24) is 14.3 Å². The molecule has 0 saturated carbocycles. The minimum Gasteiger partial charge on any atom is -0.332 e. The largest absolute Gasteiger partial charge is 0.332 e. The monoisotopic (exact) mass is 305 g/mol. The van der Waals surface area contributed by atoms with Crippen molar-refractivity contribution in [3.05, 3.63) is 47.4 Å². The number of aryl methyl sites for hydroxylation is 2. The Hall–Kier alpha value is -1.66. The van der Waals surface area contributed by atoms with Crippen molar-refractivity contribution in [2.75, 3.05) is 7.05 Å². The lowest BCUT2D eigenvalue weighted by atomic mass is 9.88. The van der Waals surface area contributed by atoms with Crippen LogP contribution in [-0.2, 0) is 16.4 Å². The van der Waals surface area contributed by atoms with Crippen molar-refractivity contribution in [3.63, 3.8) is 0 Å². The van der Waals surface area contributed by atoms with E-state index in [0.717, 1.165) is 24.8 Å². The summed E-state index contributed by atoms with van der Waals surface area (Å²) in [7, 11) is -1.89. The maximum absolute atomic E-state index is 12.7. The van der Waals surface area contributed by atoms with Crippen LogP contribution >= 0.6 is 0 Å². The second-order valence-corrected chi connectivity index (χ2v) is 7.43. The predicted octanol–water partition coefficient (Wildman–Crippen LogP) is 2.42. The van der Waals surface area contributed by atoms with Gasteiger partial charge < -0.3 is 4.98 Å². The molecule has 1 N–H and O–H groups in total. The SMILES string of the molecule is Cc1ncc(S(=O)(=O)N(C)C2CCCc3ccccc32)[nH]1. The zero-order valence-electron chi connectivity index (χ0n) is 12.2. The van der Waals surface area contributed by atoms with Crippen molar-refractivity contribution in [3.8, 4) is 0 Å². The average Bonchev–Trinajstić information content (AvgIpc) is 2.93. The molecule has 1 aromatic heterocycles. The van der Waals surface area contributed by atoms with Gasteiger partial charge in [-0.3, -0.25) is 0 Å². The van der Waals surface area contributed by atoms with Crippen LogP contribution < -0.4 is 0 Å². The smallest absolute Gasteiger partial charge is 0.260 e. The molecule has 0 radical (unpaired) electrons. The number of fused-ring (bicyclic) bond motifs is 1. The van der Waals surface area contributed by atoms with E-state index in [-0.39, 0.29) is 11.1 Å². The first-order chi connectivity index (χ1) is 10.00. The molecule has 0 bridgehead atoms. The number of rotatable bonds is 3. The van der Waals surface area contributed by atoms with Crippen LogP contribution in [0.5, 0.6) is 0 Å². The van der Waals surface area contributed by atoms with Crippen LogP contribution in [0.2, 0.25) is 0 Å². The van der Waals surface area contributed by atoms with Crippen LogP contribution in [0.3, 0.4) is 0 Å². The number of hydrogen-bond donors (Lipinski definition) is 1. The molecule has 1 heterocycles. The number of aromatic amines is 1. The Balaban J connectivity index is 1.98. The van der Waals surface area contributed by atoms with Crippen molar-refractivity contribution in [2.24, 2.45) is 0 Å². The highest BCUT2D eigenvalue weighted by molar-refractivity contribution is 7.89. The highest BCUT2D eigenvalue weighted by atomic mass is 32.2. The number of H-pyrrole nitrogens is 1. The third kappa shape index (κ3) is 2.49. The molecule has 0 fully saturated rings. The molecule has 112 valence electrons. The van der Waals surface area contributed by atoms with Gasteiger partial charge in [0, 0.05) is 7.05 Å². The van der Waals surface area contributed by atoms with Crippen LogP contribution in [-0.4, -0.2) is 29.7 Å². The molecule has 1 unspecified atom stereocenters. The van der Waals surface area contributed by atoms with Crippen molar-refractivity contribution in [1.29, 1.82) is 0 Å². The predicted molar refractivity (Wildman–Crippen MR) is 80.4 cm³/mol. The molecule has 0 aliphatic heterocycles. The second kappa shape index (κ2) is 5.27. The van der Waals surface area contributed by atoms with Crippen molar-refractivity contribution >= 4 is 10.0 Å². The second-order valence-electron chi connectivity index (χ2n) is 5.46. The number of hydrogen-bond acceptors (Lipinski definition) is 3. The quantitative estimate of drug-likeness (QED) is 0.947. The first-order valence-electron chi connectivity index (χ1n) is 7.07. The van der Waals surface area contributed by atoms with Gasteiger partial charge in [-0.15, -0.1) is 0 Å². The fourth-order valence-corrected chi connectivity index (χ4v) is 4.28. The lowest BCUT2D eigenvalue weighted by Gasteiger charge is -2.32. The molecular formula is C15H19N3O2S. The first-order valence-corrected chi connectivity index (χ1v) is 8.51. The number of nitrogens with zero attached hydrogens (tertiary/aromatic N) is 2. The van der Waals surface area contributed by atoms with Crippen LogP contribution in [0.4, 0.5) is 0 Å². The van der Waals surface area contributed by atoms with E-state index in [1.807, 2.05) is 18.2 Å². The zero-order valence-corrected chi connectivity index (χ0v) is 13.0. The highest BCUT2D eigenvalue weighted by Gasteiger charge is 2.32. The maximum atomic E-state index is 12.7. The molecule has 1 aromatic carbocycles. The summed E-state index contributed by atoms with van der Waals surface area (Å²) in [4.78, 5) is 6.81. The molecule has 0 saturated heterocycles. The summed E-state index contributed by atoms with van der Waals surface area (Å²) in [5, 5.41) is 0.158. The standard InChI is InChI=1S/C15H19N3O2S/c1-11-16-10-15(17-11)21(19,20)18(2)14-9-5-7-12-6-3-4-8-13(12)14/h3-4,6,8,10,14H,5,7,9H2,1-2H3,(H,16,17). The topological polar surface area (TPSA) is 66.1 Å². The van der Waals surface area contributed by atoms with Crippen LogP contribution in [0, 0.1) is 6.92 Å². The Morgan fingerprint density at radius 3 is 2.81 bits per heavy atom. The van der Waals surface area contributed by atoms with E-state index in [1.54, 1.807) is 14.0 Å². The normalized spacial score (nSPS) is 18.7. The molecule has 2 aromatic rings. The molecule has 5 nitrogen and oxygen atoms in total. The molecule has 0 spiro atoms. The number of imidazole rings is 1. The Morgan fingerprint density at radius 1 is 1.33 bits per heavy atom. The van der Waals surface area contributed by atoms with E-state index in [9.17, 15) is 8.42 Å². The van der Waals surface area contributed by atoms with E-state index in [4.69, 9.17) is 0 Å². The molecular weight excluding hydrogens is 286 g/mol. The van der Waals surface area contributed by atoms with Crippen molar-refractivity contribution in [2.45, 2.75) is 37.3 Å².